The molecule has 12 N–H and O–H groups in total. The maximum absolute atomic E-state index is 10.9. The Balaban J connectivity index is 0. The second-order valence-corrected chi connectivity index (χ2v) is 8.09. The molecule has 0 fully saturated rings. The fourth-order valence-corrected chi connectivity index (χ4v) is 3.95. The molecule has 12 nitrogen and oxygen atoms in total. The number of carbonyl (C=O) groups excluding carboxylic acids is 4. The van der Waals surface area contributed by atoms with Gasteiger partial charge in [0.05, 0.1) is 7.26 Å². The predicted octanol–water partition coefficient (Wildman–Crippen LogP) is -5.49. The van der Waals surface area contributed by atoms with Crippen LogP contribution >= 0.6 is 7.26 Å². The first kappa shape index (κ1) is 22.1. The van der Waals surface area contributed by atoms with Gasteiger partial charge in [-0.15, -0.1) is 0 Å². The quantitative estimate of drug-likeness (QED) is 0.199. The molecule has 0 bridgehead atoms. The van der Waals surface area contributed by atoms with Crippen molar-refractivity contribution in [2.24, 2.45) is 22.9 Å². The number of carbonyl (C=O) groups is 4. The fraction of sp³-hybridized carbons (Fsp3) is 0.500. The number of nitrogens with two attached hydrogens (primary N) is 4. The van der Waals surface area contributed by atoms with Crippen LogP contribution in [0.15, 0.2) is 0 Å². The summed E-state index contributed by atoms with van der Waals surface area (Å²) in [6.07, 6.45) is 0.124. The summed E-state index contributed by atoms with van der Waals surface area (Å²) in [5, 5.41) is 9.48. The third-order valence-electron chi connectivity index (χ3n) is 2.35. The molecular weight excluding hydrogens is 339 g/mol. The van der Waals surface area contributed by atoms with Crippen molar-refractivity contribution in [3.8, 4) is 0 Å². The first-order valence-electron chi connectivity index (χ1n) is 5.65. The molecule has 0 saturated heterocycles. The van der Waals surface area contributed by atoms with E-state index in [0.29, 0.717) is 0 Å². The van der Waals surface area contributed by atoms with Crippen molar-refractivity contribution in [3.63, 3.8) is 0 Å². The van der Waals surface area contributed by atoms with E-state index in [0.717, 1.165) is 0 Å². The second kappa shape index (κ2) is 10.5. The van der Waals surface area contributed by atoms with E-state index in [1.54, 1.807) is 0 Å². The number of hydrogen-bond acceptors (Lipinski definition) is 4. The monoisotopic (exact) mass is 358 g/mol. The predicted molar refractivity (Wildman–Crippen MR) is 77.3 cm³/mol. The lowest BCUT2D eigenvalue weighted by molar-refractivity contribution is -0.0000180. The Morgan fingerprint density at radius 1 is 0.591 bits per heavy atom. The fourth-order valence-electron chi connectivity index (χ4n) is 1.32. The summed E-state index contributed by atoms with van der Waals surface area (Å²) >= 11 is 0. The molecule has 14 heteroatoms. The summed E-state index contributed by atoms with van der Waals surface area (Å²) in [5.41, 5.74) is 20.0. The van der Waals surface area contributed by atoms with Crippen molar-refractivity contribution in [1.29, 1.82) is 0 Å². The molecule has 0 aromatic heterocycles. The molecule has 128 valence electrons. The molecule has 0 aromatic carbocycles. The van der Waals surface area contributed by atoms with E-state index in [-0.39, 0.29) is 37.6 Å². The maximum Gasteiger partial charge on any atom is 0.314 e. The molecule has 0 radical (unpaired) electrons. The molecule has 0 heterocycles. The first-order chi connectivity index (χ1) is 9.67. The lowest BCUT2D eigenvalue weighted by atomic mass is 11.0. The van der Waals surface area contributed by atoms with Crippen LogP contribution in [0.4, 0.5) is 19.2 Å². The molecule has 22 heavy (non-hydrogen) atoms. The molecule has 0 rings (SSSR count). The Morgan fingerprint density at radius 2 is 0.773 bits per heavy atom. The van der Waals surface area contributed by atoms with E-state index in [4.69, 9.17) is 22.9 Å². The molecule has 0 unspecified atom stereocenters. The highest BCUT2D eigenvalue weighted by atomic mass is 35.5. The number of primary amides is 4. The summed E-state index contributed by atoms with van der Waals surface area (Å²) in [4.78, 5) is 43.4. The van der Waals surface area contributed by atoms with Gasteiger partial charge in [0.15, 0.2) is 0 Å². The number of rotatable bonds is 8. The van der Waals surface area contributed by atoms with Gasteiger partial charge in [0, 0.05) is 0 Å². The van der Waals surface area contributed by atoms with E-state index >= 15 is 0 Å². The standard InChI is InChI=1S/C8H19N8O4P.ClH/c9-5(17)13-1-21(2-14-6(10)18,3-15-7(11)19)4-16-8(12)20;/h1-4H2,(H11-,9,10,11,12,13,14,15,16,17,18,19,20);1H. The Kier molecular flexibility index (Phi) is 10.6. The first-order valence-corrected chi connectivity index (χ1v) is 8.18. The van der Waals surface area contributed by atoms with Crippen molar-refractivity contribution < 1.29 is 31.6 Å². The molecule has 0 aliphatic carbocycles. The summed E-state index contributed by atoms with van der Waals surface area (Å²) in [6, 6.07) is -3.18. The molecule has 0 saturated carbocycles. The molecule has 8 amide bonds. The van der Waals surface area contributed by atoms with E-state index in [9.17, 15) is 19.2 Å². The zero-order valence-electron chi connectivity index (χ0n) is 11.6. The van der Waals surface area contributed by atoms with Crippen LogP contribution in [0.2, 0.25) is 0 Å². The summed E-state index contributed by atoms with van der Waals surface area (Å²) < 4.78 is 0. The Bertz CT molecular complexity index is 345. The normalized spacial score (nSPS) is 9.82. The van der Waals surface area contributed by atoms with Crippen LogP contribution in [-0.2, 0) is 0 Å². The van der Waals surface area contributed by atoms with Gasteiger partial charge in [0.2, 0.25) is 0 Å². The van der Waals surface area contributed by atoms with E-state index < -0.39 is 31.4 Å². The number of halogens is 1. The molecule has 0 spiro atoms. The van der Waals surface area contributed by atoms with E-state index in [1.165, 1.54) is 0 Å². The zero-order valence-corrected chi connectivity index (χ0v) is 13.2. The Labute approximate surface area is 133 Å². The summed E-state index contributed by atoms with van der Waals surface area (Å²) in [6.45, 7) is 0. The van der Waals surface area contributed by atoms with Crippen LogP contribution in [0.3, 0.4) is 0 Å². The van der Waals surface area contributed by atoms with Crippen LogP contribution < -0.4 is 56.6 Å². The van der Waals surface area contributed by atoms with Crippen molar-refractivity contribution in [1.82, 2.24) is 21.3 Å². The van der Waals surface area contributed by atoms with Gasteiger partial charge in [0.1, 0.15) is 25.1 Å². The molecular formula is C8H20ClN8O4P. The minimum Gasteiger partial charge on any atom is -1.00 e. The van der Waals surface area contributed by atoms with Crippen LogP contribution in [0.5, 0.6) is 0 Å². The lowest BCUT2D eigenvalue weighted by Crippen LogP contribution is -3.00. The van der Waals surface area contributed by atoms with Crippen molar-refractivity contribution >= 4 is 31.4 Å². The topological polar surface area (TPSA) is 220 Å². The maximum atomic E-state index is 10.9. The third-order valence-corrected chi connectivity index (χ3v) is 5.67. The highest BCUT2D eigenvalue weighted by Crippen LogP contribution is 2.54. The third kappa shape index (κ3) is 10.6. The van der Waals surface area contributed by atoms with Crippen LogP contribution in [0.25, 0.3) is 0 Å². The molecule has 0 atom stereocenters. The molecule has 0 aliphatic rings. The SMILES string of the molecule is NC(=O)NC[P+](CNC(N)=O)(CNC(N)=O)CNC(N)=O.[Cl-]. The highest BCUT2D eigenvalue weighted by molar-refractivity contribution is 7.75. The summed E-state index contributed by atoms with van der Waals surface area (Å²) in [7, 11) is -2.36. The van der Waals surface area contributed by atoms with Gasteiger partial charge >= 0.3 is 24.1 Å². The second-order valence-electron chi connectivity index (χ2n) is 4.14. The summed E-state index contributed by atoms with van der Waals surface area (Å²) in [5.74, 6) is 0. The van der Waals surface area contributed by atoms with Gasteiger partial charge in [-0.05, 0) is 0 Å². The van der Waals surface area contributed by atoms with Gasteiger partial charge in [-0.3, -0.25) is 0 Å². The lowest BCUT2D eigenvalue weighted by Gasteiger charge is -2.27. The number of nitrogens with one attached hydrogen (secondary N) is 4. The van der Waals surface area contributed by atoms with Crippen molar-refractivity contribution in [2.75, 3.05) is 25.1 Å². The van der Waals surface area contributed by atoms with Gasteiger partial charge in [-0.25, -0.2) is 19.2 Å². The number of hydrogen-bond donors (Lipinski definition) is 8. The van der Waals surface area contributed by atoms with Gasteiger partial charge in [-0.2, -0.15) is 0 Å². The minimum atomic E-state index is -2.36. The van der Waals surface area contributed by atoms with E-state index in [2.05, 4.69) is 21.3 Å². The molecule has 0 aromatic rings. The van der Waals surface area contributed by atoms with Crippen molar-refractivity contribution in [2.45, 2.75) is 0 Å². The zero-order chi connectivity index (χ0) is 16.5. The van der Waals surface area contributed by atoms with Crippen LogP contribution in [0.1, 0.15) is 0 Å². The van der Waals surface area contributed by atoms with Gasteiger partial charge < -0.3 is 56.6 Å². The Morgan fingerprint density at radius 3 is 0.909 bits per heavy atom. The highest BCUT2D eigenvalue weighted by Gasteiger charge is 2.39. The van der Waals surface area contributed by atoms with Crippen molar-refractivity contribution in [3.05, 3.63) is 0 Å². The average molecular weight is 359 g/mol. The molecule has 0 aliphatic heterocycles. The largest absolute Gasteiger partial charge is 1.00 e. The average Bonchev–Trinajstić information content (AvgIpc) is 2.36. The van der Waals surface area contributed by atoms with Crippen LogP contribution in [-0.4, -0.2) is 49.3 Å². The number of amides is 8. The minimum absolute atomic E-state index is 0. The van der Waals surface area contributed by atoms with Gasteiger partial charge in [0.25, 0.3) is 0 Å². The Hall–Kier alpha value is -2.20. The van der Waals surface area contributed by atoms with Crippen LogP contribution in [0, 0.1) is 0 Å². The smallest absolute Gasteiger partial charge is 0.314 e. The number of urea groups is 4. The van der Waals surface area contributed by atoms with E-state index in [1.807, 2.05) is 0 Å². The van der Waals surface area contributed by atoms with Gasteiger partial charge in [-0.1, -0.05) is 0 Å².